The van der Waals surface area contributed by atoms with E-state index in [1.807, 2.05) is 32.9 Å². The molecule has 1 amide bonds. The van der Waals surface area contributed by atoms with Crippen LogP contribution in [0.15, 0.2) is 12.1 Å². The van der Waals surface area contributed by atoms with Gasteiger partial charge in [0.15, 0.2) is 0 Å². The Morgan fingerprint density at radius 3 is 2.83 bits per heavy atom. The van der Waals surface area contributed by atoms with E-state index in [0.29, 0.717) is 5.82 Å². The average molecular weight is 247 g/mol. The summed E-state index contributed by atoms with van der Waals surface area (Å²) in [6.45, 7) is 7.70. The summed E-state index contributed by atoms with van der Waals surface area (Å²) in [4.78, 5) is 16.7. The number of rotatable bonds is 2. The van der Waals surface area contributed by atoms with Gasteiger partial charge < -0.3 is 10.6 Å². The van der Waals surface area contributed by atoms with Gasteiger partial charge >= 0.3 is 0 Å². The molecule has 0 aromatic carbocycles. The lowest BCUT2D eigenvalue weighted by atomic mass is 9.82. The number of aryl methyl sites for hydroxylation is 2. The van der Waals surface area contributed by atoms with Gasteiger partial charge in [0.05, 0.1) is 5.41 Å². The van der Waals surface area contributed by atoms with Crippen molar-refractivity contribution in [3.63, 3.8) is 0 Å². The second-order valence-electron chi connectivity index (χ2n) is 5.47. The predicted molar refractivity (Wildman–Crippen MR) is 72.6 cm³/mol. The van der Waals surface area contributed by atoms with Gasteiger partial charge in [-0.3, -0.25) is 4.79 Å². The molecular weight excluding hydrogens is 226 g/mol. The van der Waals surface area contributed by atoms with Crippen molar-refractivity contribution in [3.8, 4) is 0 Å². The summed E-state index contributed by atoms with van der Waals surface area (Å²) in [5.41, 5.74) is 1.72. The van der Waals surface area contributed by atoms with E-state index in [1.54, 1.807) is 0 Å². The van der Waals surface area contributed by atoms with Crippen molar-refractivity contribution >= 4 is 11.7 Å². The van der Waals surface area contributed by atoms with Gasteiger partial charge in [-0.2, -0.15) is 0 Å². The molecule has 0 radical (unpaired) electrons. The molecule has 1 aromatic rings. The Labute approximate surface area is 108 Å². The molecular formula is C14H21N3O. The van der Waals surface area contributed by atoms with Gasteiger partial charge in [-0.1, -0.05) is 0 Å². The number of piperidine rings is 1. The third kappa shape index (κ3) is 2.88. The largest absolute Gasteiger partial charge is 0.316 e. The van der Waals surface area contributed by atoms with E-state index in [0.717, 1.165) is 37.2 Å². The van der Waals surface area contributed by atoms with E-state index in [2.05, 4.69) is 15.6 Å². The average Bonchev–Trinajstić information content (AvgIpc) is 2.28. The highest BCUT2D eigenvalue weighted by Crippen LogP contribution is 2.27. The van der Waals surface area contributed by atoms with Gasteiger partial charge in [-0.05, 0) is 57.9 Å². The van der Waals surface area contributed by atoms with Gasteiger partial charge in [0.2, 0.25) is 5.91 Å². The fraction of sp³-hybridized carbons (Fsp3) is 0.571. The van der Waals surface area contributed by atoms with E-state index >= 15 is 0 Å². The SMILES string of the molecule is Cc1cc(C)nc(NC(=O)C2(C)CCCNC2)c1. The highest BCUT2D eigenvalue weighted by molar-refractivity contribution is 5.94. The summed E-state index contributed by atoms with van der Waals surface area (Å²) in [5, 5.41) is 6.23. The first-order valence-corrected chi connectivity index (χ1v) is 6.47. The van der Waals surface area contributed by atoms with Crippen molar-refractivity contribution in [2.75, 3.05) is 18.4 Å². The minimum Gasteiger partial charge on any atom is -0.316 e. The minimum atomic E-state index is -0.322. The Kier molecular flexibility index (Phi) is 3.66. The van der Waals surface area contributed by atoms with E-state index in [-0.39, 0.29) is 11.3 Å². The molecule has 1 aromatic heterocycles. The molecule has 98 valence electrons. The van der Waals surface area contributed by atoms with Crippen molar-refractivity contribution in [1.82, 2.24) is 10.3 Å². The van der Waals surface area contributed by atoms with Crippen molar-refractivity contribution in [3.05, 3.63) is 23.4 Å². The zero-order valence-electron chi connectivity index (χ0n) is 11.3. The van der Waals surface area contributed by atoms with Crippen LogP contribution in [0.3, 0.4) is 0 Å². The quantitative estimate of drug-likeness (QED) is 0.840. The van der Waals surface area contributed by atoms with Crippen LogP contribution in [0.4, 0.5) is 5.82 Å². The number of pyridine rings is 1. The van der Waals surface area contributed by atoms with Crippen LogP contribution >= 0.6 is 0 Å². The molecule has 0 spiro atoms. The van der Waals surface area contributed by atoms with E-state index in [4.69, 9.17) is 0 Å². The smallest absolute Gasteiger partial charge is 0.232 e. The van der Waals surface area contributed by atoms with Crippen LogP contribution < -0.4 is 10.6 Å². The summed E-state index contributed by atoms with van der Waals surface area (Å²) < 4.78 is 0. The van der Waals surface area contributed by atoms with E-state index in [1.165, 1.54) is 0 Å². The molecule has 18 heavy (non-hydrogen) atoms. The number of hydrogen-bond acceptors (Lipinski definition) is 3. The molecule has 4 heteroatoms. The van der Waals surface area contributed by atoms with Gasteiger partial charge in [0.25, 0.3) is 0 Å². The van der Waals surface area contributed by atoms with Crippen molar-refractivity contribution < 1.29 is 4.79 Å². The number of nitrogens with one attached hydrogen (secondary N) is 2. The Bertz CT molecular complexity index is 430. The summed E-state index contributed by atoms with van der Waals surface area (Å²) in [7, 11) is 0. The van der Waals surface area contributed by atoms with Crippen LogP contribution in [0.5, 0.6) is 0 Å². The lowest BCUT2D eigenvalue weighted by molar-refractivity contribution is -0.125. The minimum absolute atomic E-state index is 0.0622. The van der Waals surface area contributed by atoms with Crippen LogP contribution in [0.1, 0.15) is 31.0 Å². The number of hydrogen-bond donors (Lipinski definition) is 2. The summed E-state index contributed by atoms with van der Waals surface area (Å²) in [5.74, 6) is 0.719. The second kappa shape index (κ2) is 5.06. The van der Waals surface area contributed by atoms with Gasteiger partial charge in [0, 0.05) is 12.2 Å². The highest BCUT2D eigenvalue weighted by atomic mass is 16.2. The van der Waals surface area contributed by atoms with Crippen LogP contribution in [0.2, 0.25) is 0 Å². The molecule has 0 saturated carbocycles. The third-order valence-electron chi connectivity index (χ3n) is 3.48. The Hall–Kier alpha value is -1.42. The maximum atomic E-state index is 12.3. The van der Waals surface area contributed by atoms with Crippen LogP contribution in [-0.4, -0.2) is 24.0 Å². The number of amides is 1. The first kappa shape index (κ1) is 13.0. The van der Waals surface area contributed by atoms with Crippen LogP contribution in [0.25, 0.3) is 0 Å². The Morgan fingerprint density at radius 1 is 1.44 bits per heavy atom. The zero-order chi connectivity index (χ0) is 13.2. The van der Waals surface area contributed by atoms with Gasteiger partial charge in [-0.15, -0.1) is 0 Å². The number of anilines is 1. The van der Waals surface area contributed by atoms with Crippen LogP contribution in [-0.2, 0) is 4.79 Å². The van der Waals surface area contributed by atoms with E-state index < -0.39 is 0 Å². The lowest BCUT2D eigenvalue weighted by Crippen LogP contribution is -2.46. The normalized spacial score (nSPS) is 23.7. The summed E-state index contributed by atoms with van der Waals surface area (Å²) in [6.07, 6.45) is 1.97. The molecule has 1 aliphatic rings. The predicted octanol–water partition coefficient (Wildman–Crippen LogP) is 2.03. The van der Waals surface area contributed by atoms with Gasteiger partial charge in [-0.25, -0.2) is 4.98 Å². The highest BCUT2D eigenvalue weighted by Gasteiger charge is 2.34. The Morgan fingerprint density at radius 2 is 2.22 bits per heavy atom. The summed E-state index contributed by atoms with van der Waals surface area (Å²) in [6, 6.07) is 3.91. The number of carbonyl (C=O) groups excluding carboxylic acids is 1. The first-order chi connectivity index (χ1) is 8.49. The lowest BCUT2D eigenvalue weighted by Gasteiger charge is -2.32. The molecule has 1 saturated heterocycles. The second-order valence-corrected chi connectivity index (χ2v) is 5.47. The first-order valence-electron chi connectivity index (χ1n) is 6.47. The molecule has 2 N–H and O–H groups in total. The zero-order valence-corrected chi connectivity index (χ0v) is 11.3. The summed E-state index contributed by atoms with van der Waals surface area (Å²) >= 11 is 0. The monoisotopic (exact) mass is 247 g/mol. The fourth-order valence-electron chi connectivity index (χ4n) is 2.42. The number of nitrogens with zero attached hydrogens (tertiary/aromatic N) is 1. The molecule has 4 nitrogen and oxygen atoms in total. The standard InChI is InChI=1S/C14H21N3O/c1-10-7-11(2)16-12(8-10)17-13(18)14(3)5-4-6-15-9-14/h7-8,15H,4-6,9H2,1-3H3,(H,16,17,18). The maximum Gasteiger partial charge on any atom is 0.232 e. The number of carbonyl (C=O) groups is 1. The third-order valence-corrected chi connectivity index (χ3v) is 3.48. The Balaban J connectivity index is 2.10. The molecule has 0 aliphatic carbocycles. The molecule has 1 atom stereocenters. The molecule has 2 rings (SSSR count). The van der Waals surface area contributed by atoms with Crippen molar-refractivity contribution in [2.24, 2.45) is 5.41 Å². The molecule has 1 aliphatic heterocycles. The molecule has 0 bridgehead atoms. The van der Waals surface area contributed by atoms with Crippen molar-refractivity contribution in [2.45, 2.75) is 33.6 Å². The topological polar surface area (TPSA) is 54.0 Å². The van der Waals surface area contributed by atoms with Crippen molar-refractivity contribution in [1.29, 1.82) is 0 Å². The van der Waals surface area contributed by atoms with Gasteiger partial charge in [0.1, 0.15) is 5.82 Å². The van der Waals surface area contributed by atoms with E-state index in [9.17, 15) is 4.79 Å². The number of aromatic nitrogens is 1. The maximum absolute atomic E-state index is 12.3. The van der Waals surface area contributed by atoms with Crippen LogP contribution in [0, 0.1) is 19.3 Å². The molecule has 1 fully saturated rings. The molecule has 1 unspecified atom stereocenters. The molecule has 2 heterocycles. The fourth-order valence-corrected chi connectivity index (χ4v) is 2.42.